The number of ether oxygens (including phenoxy) is 4. The van der Waals surface area contributed by atoms with Gasteiger partial charge in [0.25, 0.3) is 0 Å². The number of methoxy groups -OCH3 is 2. The van der Waals surface area contributed by atoms with Crippen molar-refractivity contribution in [1.29, 1.82) is 0 Å². The van der Waals surface area contributed by atoms with Crippen molar-refractivity contribution in [3.8, 4) is 0 Å². The summed E-state index contributed by atoms with van der Waals surface area (Å²) in [6.07, 6.45) is 0.363. The van der Waals surface area contributed by atoms with Crippen LogP contribution in [-0.2, 0) is 18.9 Å². The van der Waals surface area contributed by atoms with Gasteiger partial charge in [0.1, 0.15) is 0 Å². The molecule has 15 heavy (non-hydrogen) atoms. The molecule has 0 unspecified atom stereocenters. The fraction of sp³-hybridized carbons (Fsp3) is 1.00. The summed E-state index contributed by atoms with van der Waals surface area (Å²) in [4.78, 5) is 0. The van der Waals surface area contributed by atoms with E-state index in [0.29, 0.717) is 13.0 Å². The van der Waals surface area contributed by atoms with Crippen LogP contribution in [0.1, 0.15) is 20.3 Å². The second kappa shape index (κ2) is 4.76. The minimum atomic E-state index is -0.958. The van der Waals surface area contributed by atoms with Gasteiger partial charge in [-0.3, -0.25) is 0 Å². The summed E-state index contributed by atoms with van der Waals surface area (Å²) < 4.78 is 21.9. The van der Waals surface area contributed by atoms with Crippen molar-refractivity contribution in [2.24, 2.45) is 0 Å². The second-order valence-corrected chi connectivity index (χ2v) is 3.86. The Balaban J connectivity index is 2.74. The summed E-state index contributed by atoms with van der Waals surface area (Å²) in [7, 11) is 3.09. The largest absolute Gasteiger partial charge is 0.396 e. The van der Waals surface area contributed by atoms with Crippen LogP contribution >= 0.6 is 0 Å². The molecule has 0 radical (unpaired) electrons. The van der Waals surface area contributed by atoms with Crippen molar-refractivity contribution >= 4 is 0 Å². The molecule has 0 aromatic carbocycles. The van der Waals surface area contributed by atoms with Crippen LogP contribution in [-0.4, -0.2) is 50.2 Å². The van der Waals surface area contributed by atoms with E-state index in [-0.39, 0.29) is 12.7 Å². The van der Waals surface area contributed by atoms with E-state index in [0.717, 1.165) is 0 Å². The first-order chi connectivity index (χ1) is 7.01. The van der Waals surface area contributed by atoms with Gasteiger partial charge in [0, 0.05) is 20.8 Å². The van der Waals surface area contributed by atoms with Crippen molar-refractivity contribution in [2.75, 3.05) is 27.4 Å². The zero-order valence-corrected chi connectivity index (χ0v) is 9.78. The van der Waals surface area contributed by atoms with Crippen molar-refractivity contribution in [3.63, 3.8) is 0 Å². The van der Waals surface area contributed by atoms with Crippen LogP contribution in [0.25, 0.3) is 0 Å². The Kier molecular flexibility index (Phi) is 4.08. The molecule has 0 spiro atoms. The van der Waals surface area contributed by atoms with Crippen LogP contribution < -0.4 is 0 Å². The standard InChI is InChI=1S/C10H20O5/c1-9(12-3)10(2,13-4)15-8(5-6-11)7-14-9/h8,11H,5-7H2,1-4H3/t8-,9+,10+/m1/s1. The van der Waals surface area contributed by atoms with Crippen LogP contribution in [0, 0.1) is 0 Å². The zero-order valence-electron chi connectivity index (χ0n) is 9.78. The third kappa shape index (κ3) is 2.32. The zero-order chi connectivity index (χ0) is 11.5. The summed E-state index contributed by atoms with van der Waals surface area (Å²) >= 11 is 0. The molecule has 1 fully saturated rings. The van der Waals surface area contributed by atoms with Gasteiger partial charge in [-0.25, -0.2) is 0 Å². The van der Waals surface area contributed by atoms with Crippen LogP contribution in [0.4, 0.5) is 0 Å². The average Bonchev–Trinajstić information content (AvgIpc) is 2.24. The van der Waals surface area contributed by atoms with Gasteiger partial charge >= 0.3 is 0 Å². The number of aliphatic hydroxyl groups is 1. The minimum Gasteiger partial charge on any atom is -0.396 e. The van der Waals surface area contributed by atoms with Crippen molar-refractivity contribution in [2.45, 2.75) is 37.9 Å². The number of aliphatic hydroxyl groups excluding tert-OH is 1. The van der Waals surface area contributed by atoms with Gasteiger partial charge in [-0.15, -0.1) is 0 Å². The van der Waals surface area contributed by atoms with E-state index in [4.69, 9.17) is 24.1 Å². The van der Waals surface area contributed by atoms with Crippen LogP contribution in [0.15, 0.2) is 0 Å². The predicted octanol–water partition coefficient (Wildman–Crippen LogP) is 0.509. The van der Waals surface area contributed by atoms with E-state index >= 15 is 0 Å². The monoisotopic (exact) mass is 220 g/mol. The molecule has 5 nitrogen and oxygen atoms in total. The van der Waals surface area contributed by atoms with Crippen molar-refractivity contribution in [1.82, 2.24) is 0 Å². The van der Waals surface area contributed by atoms with Crippen molar-refractivity contribution in [3.05, 3.63) is 0 Å². The lowest BCUT2D eigenvalue weighted by molar-refractivity contribution is -0.431. The van der Waals surface area contributed by atoms with Gasteiger partial charge < -0.3 is 24.1 Å². The topological polar surface area (TPSA) is 57.2 Å². The fourth-order valence-electron chi connectivity index (χ4n) is 1.61. The molecule has 0 bridgehead atoms. The highest BCUT2D eigenvalue weighted by Crippen LogP contribution is 2.36. The van der Waals surface area contributed by atoms with Gasteiger partial charge in [-0.05, 0) is 20.3 Å². The smallest absolute Gasteiger partial charge is 0.220 e. The first kappa shape index (κ1) is 12.9. The van der Waals surface area contributed by atoms with E-state index in [1.165, 1.54) is 0 Å². The third-order valence-electron chi connectivity index (χ3n) is 2.99. The van der Waals surface area contributed by atoms with Gasteiger partial charge in [0.15, 0.2) is 0 Å². The van der Waals surface area contributed by atoms with Gasteiger partial charge in [0.2, 0.25) is 11.6 Å². The van der Waals surface area contributed by atoms with Crippen molar-refractivity contribution < 1.29 is 24.1 Å². The van der Waals surface area contributed by atoms with E-state index in [1.54, 1.807) is 28.1 Å². The Morgan fingerprint density at radius 1 is 1.27 bits per heavy atom. The summed E-state index contributed by atoms with van der Waals surface area (Å²) in [5.74, 6) is -1.88. The molecule has 90 valence electrons. The molecule has 1 aliphatic rings. The molecule has 3 atom stereocenters. The minimum absolute atomic E-state index is 0.0670. The highest BCUT2D eigenvalue weighted by Gasteiger charge is 2.53. The first-order valence-corrected chi connectivity index (χ1v) is 5.04. The quantitative estimate of drug-likeness (QED) is 0.748. The first-order valence-electron chi connectivity index (χ1n) is 5.04. The molecular formula is C10H20O5. The fourth-order valence-corrected chi connectivity index (χ4v) is 1.61. The molecule has 0 aromatic heterocycles. The maximum atomic E-state index is 8.84. The Morgan fingerprint density at radius 2 is 1.87 bits per heavy atom. The predicted molar refractivity (Wildman–Crippen MR) is 53.4 cm³/mol. The lowest BCUT2D eigenvalue weighted by Gasteiger charge is -2.48. The number of hydrogen-bond acceptors (Lipinski definition) is 5. The molecule has 0 aromatic rings. The molecule has 0 amide bonds. The highest BCUT2D eigenvalue weighted by atomic mass is 16.8. The van der Waals surface area contributed by atoms with Crippen LogP contribution in [0.3, 0.4) is 0 Å². The van der Waals surface area contributed by atoms with E-state index in [1.807, 2.05) is 0 Å². The molecule has 0 saturated carbocycles. The summed E-state index contributed by atoms with van der Waals surface area (Å²) in [5.41, 5.74) is 0. The van der Waals surface area contributed by atoms with E-state index in [2.05, 4.69) is 0 Å². The van der Waals surface area contributed by atoms with E-state index < -0.39 is 11.6 Å². The summed E-state index contributed by atoms with van der Waals surface area (Å²) in [6, 6.07) is 0. The number of rotatable bonds is 4. The number of hydrogen-bond donors (Lipinski definition) is 1. The maximum absolute atomic E-state index is 8.84. The Bertz CT molecular complexity index is 210. The molecule has 5 heteroatoms. The SMILES string of the molecule is CO[C@@]1(C)OC[C@@H](CCO)O[C@]1(C)OC. The molecule has 1 rings (SSSR count). The van der Waals surface area contributed by atoms with Gasteiger partial charge in [-0.2, -0.15) is 0 Å². The molecule has 1 aliphatic heterocycles. The van der Waals surface area contributed by atoms with Crippen LogP contribution in [0.5, 0.6) is 0 Å². The summed E-state index contributed by atoms with van der Waals surface area (Å²) in [5, 5.41) is 8.84. The molecule has 0 aliphatic carbocycles. The highest BCUT2D eigenvalue weighted by molar-refractivity contribution is 4.86. The molecule has 1 heterocycles. The lowest BCUT2D eigenvalue weighted by atomic mass is 10.1. The van der Waals surface area contributed by atoms with Gasteiger partial charge in [0.05, 0.1) is 12.7 Å². The maximum Gasteiger partial charge on any atom is 0.220 e. The van der Waals surface area contributed by atoms with Crippen LogP contribution in [0.2, 0.25) is 0 Å². The lowest BCUT2D eigenvalue weighted by Crippen LogP contribution is -2.62. The summed E-state index contributed by atoms with van der Waals surface area (Å²) in [6.45, 7) is 3.99. The van der Waals surface area contributed by atoms with Gasteiger partial charge in [-0.1, -0.05) is 0 Å². The molecular weight excluding hydrogens is 200 g/mol. The second-order valence-electron chi connectivity index (χ2n) is 3.86. The molecule has 1 saturated heterocycles. The normalized spacial score (nSPS) is 41.8. The molecule has 1 N–H and O–H groups in total. The Hall–Kier alpha value is -0.200. The Morgan fingerprint density at radius 3 is 2.33 bits per heavy atom. The average molecular weight is 220 g/mol. The Labute approximate surface area is 90.3 Å². The van der Waals surface area contributed by atoms with E-state index in [9.17, 15) is 0 Å². The third-order valence-corrected chi connectivity index (χ3v) is 2.99.